The van der Waals surface area contributed by atoms with Gasteiger partial charge in [-0.05, 0) is 35.4 Å². The number of aromatic nitrogens is 1. The Balaban J connectivity index is 1.58. The molecule has 25 heavy (non-hydrogen) atoms. The highest BCUT2D eigenvalue weighted by Gasteiger charge is 2.06. The van der Waals surface area contributed by atoms with Crippen molar-refractivity contribution in [2.24, 2.45) is 5.10 Å². The highest BCUT2D eigenvalue weighted by molar-refractivity contribution is 7.22. The summed E-state index contributed by atoms with van der Waals surface area (Å²) >= 11 is 1.38. The number of nitrogens with two attached hydrogens (primary N) is 1. The van der Waals surface area contributed by atoms with Crippen LogP contribution in [-0.4, -0.2) is 28.2 Å². The van der Waals surface area contributed by atoms with Gasteiger partial charge in [-0.25, -0.2) is 15.2 Å². The number of carbonyl (C=O) groups is 2. The zero-order valence-electron chi connectivity index (χ0n) is 13.0. The molecule has 1 aromatic heterocycles. The number of nitrogen functional groups attached to an aromatic ring is 1. The van der Waals surface area contributed by atoms with Gasteiger partial charge >= 0.3 is 5.97 Å². The van der Waals surface area contributed by atoms with Crippen molar-refractivity contribution in [3.05, 3.63) is 59.2 Å². The number of benzene rings is 2. The number of aromatic carboxylic acids is 1. The monoisotopic (exact) mass is 354 g/mol. The molecule has 0 saturated heterocycles. The summed E-state index contributed by atoms with van der Waals surface area (Å²) < 4.78 is 0.935. The van der Waals surface area contributed by atoms with Gasteiger partial charge in [-0.2, -0.15) is 5.10 Å². The minimum atomic E-state index is -0.989. The third-order valence-corrected chi connectivity index (χ3v) is 4.24. The van der Waals surface area contributed by atoms with Crippen LogP contribution in [0.5, 0.6) is 0 Å². The summed E-state index contributed by atoms with van der Waals surface area (Å²) in [5.74, 6) is -1.24. The van der Waals surface area contributed by atoms with Crippen molar-refractivity contribution in [3.8, 4) is 0 Å². The summed E-state index contributed by atoms with van der Waals surface area (Å²) in [5.41, 5.74) is 10.7. The van der Waals surface area contributed by atoms with Gasteiger partial charge in [0.15, 0.2) is 5.13 Å². The average molecular weight is 354 g/mol. The Labute approximate surface area is 146 Å². The highest BCUT2D eigenvalue weighted by Crippen LogP contribution is 2.24. The maximum Gasteiger partial charge on any atom is 0.335 e. The second-order valence-electron chi connectivity index (χ2n) is 5.25. The zero-order valence-corrected chi connectivity index (χ0v) is 13.8. The van der Waals surface area contributed by atoms with Crippen LogP contribution in [0.2, 0.25) is 0 Å². The first-order valence-corrected chi connectivity index (χ1v) is 8.13. The van der Waals surface area contributed by atoms with Gasteiger partial charge in [0.05, 0.1) is 28.4 Å². The van der Waals surface area contributed by atoms with E-state index in [-0.39, 0.29) is 17.9 Å². The van der Waals surface area contributed by atoms with Crippen molar-refractivity contribution in [2.75, 3.05) is 5.73 Å². The normalized spacial score (nSPS) is 11.0. The Morgan fingerprint density at radius 3 is 2.72 bits per heavy atom. The molecule has 0 unspecified atom stereocenters. The van der Waals surface area contributed by atoms with Gasteiger partial charge in [-0.15, -0.1) is 0 Å². The Kier molecular flexibility index (Phi) is 4.71. The van der Waals surface area contributed by atoms with Gasteiger partial charge in [0.25, 0.3) is 0 Å². The molecule has 0 radical (unpaired) electrons. The number of fused-ring (bicyclic) bond motifs is 1. The van der Waals surface area contributed by atoms with Crippen molar-refractivity contribution in [1.29, 1.82) is 0 Å². The van der Waals surface area contributed by atoms with Crippen LogP contribution in [0.15, 0.2) is 47.6 Å². The molecule has 1 amide bonds. The Bertz CT molecular complexity index is 964. The quantitative estimate of drug-likeness (QED) is 0.480. The number of thiazole rings is 1. The van der Waals surface area contributed by atoms with E-state index in [0.717, 1.165) is 15.8 Å². The van der Waals surface area contributed by atoms with E-state index >= 15 is 0 Å². The van der Waals surface area contributed by atoms with E-state index in [9.17, 15) is 9.59 Å². The second-order valence-corrected chi connectivity index (χ2v) is 6.31. The number of carboxylic acid groups (broad SMARTS) is 1. The van der Waals surface area contributed by atoms with Crippen molar-refractivity contribution in [1.82, 2.24) is 10.4 Å². The van der Waals surface area contributed by atoms with Crippen LogP contribution >= 0.6 is 11.3 Å². The molecule has 0 aliphatic carbocycles. The molecule has 7 nitrogen and oxygen atoms in total. The van der Waals surface area contributed by atoms with Crippen LogP contribution in [0.25, 0.3) is 10.2 Å². The maximum absolute atomic E-state index is 11.9. The predicted molar refractivity (Wildman–Crippen MR) is 96.9 cm³/mol. The second kappa shape index (κ2) is 7.10. The average Bonchev–Trinajstić information content (AvgIpc) is 2.94. The molecule has 126 valence electrons. The first-order chi connectivity index (χ1) is 12.0. The lowest BCUT2D eigenvalue weighted by Gasteiger charge is -2.01. The van der Waals surface area contributed by atoms with E-state index in [1.165, 1.54) is 29.7 Å². The summed E-state index contributed by atoms with van der Waals surface area (Å²) in [6, 6.07) is 11.7. The number of rotatable bonds is 5. The molecule has 0 atom stereocenters. The standard InChI is InChI=1S/C17H14N4O3S/c18-17-20-13-6-3-11(7-14(13)25-17)8-15(22)21-19-9-10-1-4-12(5-2-10)16(23)24/h1-7,9H,8H2,(H2,18,20)(H,21,22)(H,23,24)/b19-9-. The van der Waals surface area contributed by atoms with E-state index in [1.807, 2.05) is 18.2 Å². The fourth-order valence-electron chi connectivity index (χ4n) is 2.21. The Morgan fingerprint density at radius 2 is 2.00 bits per heavy atom. The number of hydrogen-bond donors (Lipinski definition) is 3. The fraction of sp³-hybridized carbons (Fsp3) is 0.0588. The van der Waals surface area contributed by atoms with Crippen LogP contribution in [0.4, 0.5) is 5.13 Å². The molecule has 1 heterocycles. The Hall–Kier alpha value is -3.26. The lowest BCUT2D eigenvalue weighted by atomic mass is 10.1. The van der Waals surface area contributed by atoms with Gasteiger partial charge < -0.3 is 10.8 Å². The molecule has 0 saturated carbocycles. The van der Waals surface area contributed by atoms with Crippen LogP contribution < -0.4 is 11.2 Å². The van der Waals surface area contributed by atoms with E-state index in [4.69, 9.17) is 10.8 Å². The van der Waals surface area contributed by atoms with Gasteiger partial charge in [-0.3, -0.25) is 4.79 Å². The van der Waals surface area contributed by atoms with E-state index in [0.29, 0.717) is 10.7 Å². The molecular formula is C17H14N4O3S. The maximum atomic E-state index is 11.9. The summed E-state index contributed by atoms with van der Waals surface area (Å²) in [4.78, 5) is 26.9. The minimum absolute atomic E-state index is 0.184. The number of hydrazone groups is 1. The molecule has 0 aliphatic heterocycles. The SMILES string of the molecule is Nc1nc2ccc(CC(=O)N/N=C\c3ccc(C(=O)O)cc3)cc2s1. The minimum Gasteiger partial charge on any atom is -0.478 e. The number of nitrogens with one attached hydrogen (secondary N) is 1. The van der Waals surface area contributed by atoms with E-state index < -0.39 is 5.97 Å². The predicted octanol–water partition coefficient (Wildman–Crippen LogP) is 2.27. The molecule has 0 aliphatic rings. The number of carboxylic acids is 1. The van der Waals surface area contributed by atoms with Crippen molar-refractivity contribution >= 4 is 44.8 Å². The number of hydrogen-bond acceptors (Lipinski definition) is 6. The van der Waals surface area contributed by atoms with Gasteiger partial charge in [0.1, 0.15) is 0 Å². The Morgan fingerprint density at radius 1 is 1.24 bits per heavy atom. The molecule has 4 N–H and O–H groups in total. The topological polar surface area (TPSA) is 118 Å². The zero-order chi connectivity index (χ0) is 17.8. The first-order valence-electron chi connectivity index (χ1n) is 7.31. The van der Waals surface area contributed by atoms with Gasteiger partial charge in [0, 0.05) is 0 Å². The number of amides is 1. The third kappa shape index (κ3) is 4.18. The summed E-state index contributed by atoms with van der Waals surface area (Å²) in [6.45, 7) is 0. The number of carbonyl (C=O) groups excluding carboxylic acids is 1. The van der Waals surface area contributed by atoms with Crippen LogP contribution in [-0.2, 0) is 11.2 Å². The molecule has 3 aromatic rings. The number of anilines is 1. The molecule has 2 aromatic carbocycles. The van der Waals surface area contributed by atoms with Gasteiger partial charge in [0.2, 0.25) is 5.91 Å². The summed E-state index contributed by atoms with van der Waals surface area (Å²) in [5, 5.41) is 13.2. The molecular weight excluding hydrogens is 340 g/mol. The smallest absolute Gasteiger partial charge is 0.335 e. The molecule has 0 fully saturated rings. The lowest BCUT2D eigenvalue weighted by Crippen LogP contribution is -2.19. The van der Waals surface area contributed by atoms with Crippen LogP contribution in [0, 0.1) is 0 Å². The van der Waals surface area contributed by atoms with Crippen molar-refractivity contribution in [3.63, 3.8) is 0 Å². The summed E-state index contributed by atoms with van der Waals surface area (Å²) in [6.07, 6.45) is 1.64. The fourth-order valence-corrected chi connectivity index (χ4v) is 3.01. The third-order valence-electron chi connectivity index (χ3n) is 3.39. The molecule has 0 bridgehead atoms. The van der Waals surface area contributed by atoms with Crippen LogP contribution in [0.3, 0.4) is 0 Å². The molecule has 3 rings (SSSR count). The highest BCUT2D eigenvalue weighted by atomic mass is 32.1. The van der Waals surface area contributed by atoms with Crippen molar-refractivity contribution < 1.29 is 14.7 Å². The van der Waals surface area contributed by atoms with Crippen molar-refractivity contribution in [2.45, 2.75) is 6.42 Å². The largest absolute Gasteiger partial charge is 0.478 e. The molecule has 0 spiro atoms. The summed E-state index contributed by atoms with van der Waals surface area (Å²) in [7, 11) is 0. The first kappa shape index (κ1) is 16.6. The number of nitrogens with zero attached hydrogens (tertiary/aromatic N) is 2. The van der Waals surface area contributed by atoms with E-state index in [1.54, 1.807) is 12.1 Å². The van der Waals surface area contributed by atoms with E-state index in [2.05, 4.69) is 15.5 Å². The molecule has 8 heteroatoms. The lowest BCUT2D eigenvalue weighted by molar-refractivity contribution is -0.120. The van der Waals surface area contributed by atoms with Crippen LogP contribution in [0.1, 0.15) is 21.5 Å². The van der Waals surface area contributed by atoms with Gasteiger partial charge in [-0.1, -0.05) is 29.5 Å².